The van der Waals surface area contributed by atoms with Crippen molar-refractivity contribution >= 4 is 46.0 Å². The number of nitrogens with zero attached hydrogens (tertiary/aromatic N) is 3. The molecule has 0 spiro atoms. The molecule has 3 aromatic carbocycles. The summed E-state index contributed by atoms with van der Waals surface area (Å²) in [5, 5.41) is 3.31. The second kappa shape index (κ2) is 9.52. The van der Waals surface area contributed by atoms with Crippen molar-refractivity contribution in [1.82, 2.24) is 4.90 Å². The molecule has 0 unspecified atom stereocenters. The lowest BCUT2D eigenvalue weighted by Crippen LogP contribution is -2.41. The Morgan fingerprint density at radius 2 is 1.76 bits per heavy atom. The Bertz CT molecular complexity index is 1310. The van der Waals surface area contributed by atoms with E-state index >= 15 is 0 Å². The summed E-state index contributed by atoms with van der Waals surface area (Å²) in [4.78, 5) is 37.1. The van der Waals surface area contributed by atoms with Gasteiger partial charge >= 0.3 is 0 Å². The van der Waals surface area contributed by atoms with Crippen LogP contribution in [-0.2, 0) is 16.0 Å². The maximum Gasteiger partial charge on any atom is 0.259 e. The summed E-state index contributed by atoms with van der Waals surface area (Å²) < 4.78 is 5.30. The number of fused-ring (bicyclic) bond motifs is 3. The summed E-state index contributed by atoms with van der Waals surface area (Å²) in [6.45, 7) is 0. The SMILES string of the molecule is COc1ccccc1NC(=O)CSC1=Nc2ccccc2C2=N[C@H](Cc3ccccc3)C(=O)N12. The van der Waals surface area contributed by atoms with E-state index in [0.717, 1.165) is 16.8 Å². The Morgan fingerprint density at radius 3 is 2.59 bits per heavy atom. The maximum absolute atomic E-state index is 13.4. The molecule has 2 heterocycles. The van der Waals surface area contributed by atoms with Crippen LogP contribution in [0.25, 0.3) is 0 Å². The Morgan fingerprint density at radius 1 is 1.03 bits per heavy atom. The van der Waals surface area contributed by atoms with Crippen molar-refractivity contribution in [3.8, 4) is 5.75 Å². The van der Waals surface area contributed by atoms with Crippen LogP contribution in [0.5, 0.6) is 5.75 Å². The van der Waals surface area contributed by atoms with Gasteiger partial charge in [-0.25, -0.2) is 9.89 Å². The summed E-state index contributed by atoms with van der Waals surface area (Å²) in [6.07, 6.45) is 0.508. The lowest BCUT2D eigenvalue weighted by Gasteiger charge is -2.25. The number of thioether (sulfide) groups is 1. The molecule has 0 radical (unpaired) electrons. The number of aliphatic imine (C=N–C) groups is 2. The maximum atomic E-state index is 13.4. The van der Waals surface area contributed by atoms with Gasteiger partial charge < -0.3 is 10.1 Å². The quantitative estimate of drug-likeness (QED) is 0.583. The summed E-state index contributed by atoms with van der Waals surface area (Å²) in [5.41, 5.74) is 3.18. The number of anilines is 1. The first-order chi connectivity index (χ1) is 16.6. The number of hydrogen-bond donors (Lipinski definition) is 1. The fourth-order valence-corrected chi connectivity index (χ4v) is 4.73. The lowest BCUT2D eigenvalue weighted by molar-refractivity contribution is -0.124. The largest absolute Gasteiger partial charge is 0.495 e. The highest BCUT2D eigenvalue weighted by atomic mass is 32.2. The zero-order valence-corrected chi connectivity index (χ0v) is 19.3. The number of para-hydroxylation sites is 3. The van der Waals surface area contributed by atoms with E-state index in [0.29, 0.717) is 28.9 Å². The van der Waals surface area contributed by atoms with E-state index in [2.05, 4.69) is 5.32 Å². The lowest BCUT2D eigenvalue weighted by atomic mass is 10.1. The highest BCUT2D eigenvalue weighted by Crippen LogP contribution is 2.34. The summed E-state index contributed by atoms with van der Waals surface area (Å²) in [7, 11) is 1.56. The molecule has 7 nitrogen and oxygen atoms in total. The molecule has 0 fully saturated rings. The minimum atomic E-state index is -0.531. The highest BCUT2D eigenvalue weighted by molar-refractivity contribution is 8.14. The third kappa shape index (κ3) is 4.32. The fraction of sp³-hybridized carbons (Fsp3) is 0.154. The molecular formula is C26H22N4O3S. The van der Waals surface area contributed by atoms with Gasteiger partial charge in [0.15, 0.2) is 5.17 Å². The Balaban J connectivity index is 1.36. The standard InChI is InChI=1S/C26H22N4O3S/c1-33-22-14-8-7-13-20(22)27-23(31)16-34-26-29-19-12-6-5-11-18(19)24-28-21(25(32)30(24)26)15-17-9-3-2-4-10-17/h2-14,21H,15-16H2,1H3,(H,27,31)/t21-/m1/s1. The zero-order valence-electron chi connectivity index (χ0n) is 18.5. The molecule has 0 aromatic heterocycles. The third-order valence-corrected chi connectivity index (χ3v) is 6.47. The van der Waals surface area contributed by atoms with Gasteiger partial charge in [0.25, 0.3) is 5.91 Å². The molecule has 0 bridgehead atoms. The van der Waals surface area contributed by atoms with Crippen molar-refractivity contribution in [2.24, 2.45) is 9.98 Å². The summed E-state index contributed by atoms with van der Waals surface area (Å²) in [6, 6.07) is 24.1. The van der Waals surface area contributed by atoms with Gasteiger partial charge in [-0.1, -0.05) is 66.4 Å². The van der Waals surface area contributed by atoms with Crippen molar-refractivity contribution < 1.29 is 14.3 Å². The second-order valence-electron chi connectivity index (χ2n) is 7.78. The number of amidine groups is 2. The van der Waals surface area contributed by atoms with E-state index in [1.165, 1.54) is 11.8 Å². The van der Waals surface area contributed by atoms with E-state index in [1.807, 2.05) is 66.7 Å². The summed E-state index contributed by atoms with van der Waals surface area (Å²) >= 11 is 1.21. The number of benzene rings is 3. The van der Waals surface area contributed by atoms with Gasteiger partial charge in [0, 0.05) is 12.0 Å². The predicted molar refractivity (Wildman–Crippen MR) is 135 cm³/mol. The number of amides is 2. The number of methoxy groups -OCH3 is 1. The summed E-state index contributed by atoms with van der Waals surface area (Å²) in [5.74, 6) is 0.896. The van der Waals surface area contributed by atoms with Crippen LogP contribution in [-0.4, -0.2) is 46.6 Å². The first-order valence-corrected chi connectivity index (χ1v) is 11.8. The van der Waals surface area contributed by atoms with Crippen molar-refractivity contribution in [3.63, 3.8) is 0 Å². The normalized spacial score (nSPS) is 16.3. The topological polar surface area (TPSA) is 83.4 Å². The zero-order chi connectivity index (χ0) is 23.5. The average molecular weight is 471 g/mol. The Kier molecular flexibility index (Phi) is 6.14. The van der Waals surface area contributed by atoms with Gasteiger partial charge in [-0.2, -0.15) is 0 Å². The smallest absolute Gasteiger partial charge is 0.259 e. The highest BCUT2D eigenvalue weighted by Gasteiger charge is 2.41. The average Bonchev–Trinajstić information content (AvgIpc) is 3.19. The van der Waals surface area contributed by atoms with Crippen LogP contribution in [0.1, 0.15) is 11.1 Å². The van der Waals surface area contributed by atoms with E-state index in [4.69, 9.17) is 14.7 Å². The molecule has 2 aliphatic rings. The van der Waals surface area contributed by atoms with E-state index in [-0.39, 0.29) is 17.6 Å². The van der Waals surface area contributed by atoms with Gasteiger partial charge in [-0.3, -0.25) is 14.6 Å². The van der Waals surface area contributed by atoms with Crippen LogP contribution in [0.2, 0.25) is 0 Å². The molecule has 0 saturated carbocycles. The van der Waals surface area contributed by atoms with Crippen molar-refractivity contribution in [3.05, 3.63) is 90.0 Å². The molecule has 8 heteroatoms. The molecule has 0 saturated heterocycles. The van der Waals surface area contributed by atoms with Gasteiger partial charge in [0.05, 0.1) is 24.2 Å². The van der Waals surface area contributed by atoms with Crippen LogP contribution in [0, 0.1) is 0 Å². The van der Waals surface area contributed by atoms with Crippen LogP contribution in [0.4, 0.5) is 11.4 Å². The molecule has 170 valence electrons. The number of nitrogens with one attached hydrogen (secondary N) is 1. The number of rotatable bonds is 6. The van der Waals surface area contributed by atoms with Gasteiger partial charge in [-0.15, -0.1) is 0 Å². The van der Waals surface area contributed by atoms with Crippen LogP contribution < -0.4 is 10.1 Å². The van der Waals surface area contributed by atoms with Gasteiger partial charge in [-0.05, 0) is 29.8 Å². The third-order valence-electron chi connectivity index (χ3n) is 5.53. The van der Waals surface area contributed by atoms with Crippen molar-refractivity contribution in [2.75, 3.05) is 18.2 Å². The van der Waals surface area contributed by atoms with E-state index < -0.39 is 6.04 Å². The minimum absolute atomic E-state index is 0.0828. The van der Waals surface area contributed by atoms with Crippen LogP contribution >= 0.6 is 11.8 Å². The van der Waals surface area contributed by atoms with Gasteiger partial charge in [0.1, 0.15) is 17.6 Å². The molecule has 0 aliphatic carbocycles. The molecule has 1 atom stereocenters. The predicted octanol–water partition coefficient (Wildman–Crippen LogP) is 4.27. The number of hydrogen-bond acceptors (Lipinski definition) is 6. The first kappa shape index (κ1) is 21.9. The minimum Gasteiger partial charge on any atom is -0.495 e. The number of carbonyl (C=O) groups excluding carboxylic acids is 2. The molecule has 34 heavy (non-hydrogen) atoms. The first-order valence-electron chi connectivity index (χ1n) is 10.8. The van der Waals surface area contributed by atoms with Crippen molar-refractivity contribution in [1.29, 1.82) is 0 Å². The molecule has 2 amide bonds. The molecule has 3 aromatic rings. The van der Waals surface area contributed by atoms with E-state index in [9.17, 15) is 9.59 Å². The second-order valence-corrected chi connectivity index (χ2v) is 8.72. The number of ether oxygens (including phenoxy) is 1. The molecule has 5 rings (SSSR count). The Labute approximate surface area is 201 Å². The monoisotopic (exact) mass is 470 g/mol. The molecule has 2 aliphatic heterocycles. The number of carbonyl (C=O) groups is 2. The van der Waals surface area contributed by atoms with Crippen LogP contribution in [0.3, 0.4) is 0 Å². The molecular weight excluding hydrogens is 448 g/mol. The van der Waals surface area contributed by atoms with Crippen molar-refractivity contribution in [2.45, 2.75) is 12.5 Å². The van der Waals surface area contributed by atoms with Crippen LogP contribution in [0.15, 0.2) is 88.8 Å². The Hall–Kier alpha value is -3.91. The molecule has 1 N–H and O–H groups in total. The van der Waals surface area contributed by atoms with E-state index in [1.54, 1.807) is 24.1 Å². The fourth-order valence-electron chi connectivity index (χ4n) is 3.93. The van der Waals surface area contributed by atoms with Gasteiger partial charge in [0.2, 0.25) is 5.91 Å².